The van der Waals surface area contributed by atoms with Gasteiger partial charge in [0.05, 0.1) is 0 Å². The fraction of sp³-hybridized carbons (Fsp3) is 0.0769. The summed E-state index contributed by atoms with van der Waals surface area (Å²) < 4.78 is 0. The van der Waals surface area contributed by atoms with Crippen LogP contribution in [0.2, 0.25) is 5.02 Å². The molecule has 1 aromatic carbocycles. The Morgan fingerprint density at radius 2 is 2.16 bits per heavy atom. The molecule has 2 amide bonds. The van der Waals surface area contributed by atoms with Gasteiger partial charge in [0.2, 0.25) is 0 Å². The van der Waals surface area contributed by atoms with Crippen LogP contribution in [-0.2, 0) is 6.54 Å². The molecule has 98 valence electrons. The first-order valence-electron chi connectivity index (χ1n) is 5.64. The van der Waals surface area contributed by atoms with Gasteiger partial charge in [0.25, 0.3) is 0 Å². The van der Waals surface area contributed by atoms with E-state index in [2.05, 4.69) is 15.6 Å². The molecule has 0 aliphatic carbocycles. The van der Waals surface area contributed by atoms with Crippen LogP contribution in [0.3, 0.4) is 0 Å². The standard InChI is InChI=1S/C13H13ClN4O/c14-10-2-1-3-11(7-10)18-13(19)17-8-9-4-5-16-12(15)6-9/h1-7H,8H2,(H2,15,16)(H2,17,18,19). The van der Waals surface area contributed by atoms with Gasteiger partial charge in [0.15, 0.2) is 0 Å². The number of nitrogen functional groups attached to an aromatic ring is 1. The second-order valence-corrected chi connectivity index (χ2v) is 4.34. The maximum Gasteiger partial charge on any atom is 0.319 e. The second-order valence-electron chi connectivity index (χ2n) is 3.91. The van der Waals surface area contributed by atoms with E-state index >= 15 is 0 Å². The summed E-state index contributed by atoms with van der Waals surface area (Å²) in [6.45, 7) is 0.374. The number of hydrogen-bond donors (Lipinski definition) is 3. The summed E-state index contributed by atoms with van der Waals surface area (Å²) in [5.41, 5.74) is 7.07. The molecule has 0 aliphatic rings. The fourth-order valence-electron chi connectivity index (χ4n) is 1.53. The predicted octanol–water partition coefficient (Wildman–Crippen LogP) is 2.64. The van der Waals surface area contributed by atoms with E-state index in [-0.39, 0.29) is 6.03 Å². The highest BCUT2D eigenvalue weighted by molar-refractivity contribution is 6.30. The van der Waals surface area contributed by atoms with Gasteiger partial charge in [0, 0.05) is 23.5 Å². The highest BCUT2D eigenvalue weighted by Gasteiger charge is 2.02. The van der Waals surface area contributed by atoms with Crippen molar-refractivity contribution in [3.8, 4) is 0 Å². The third-order valence-corrected chi connectivity index (χ3v) is 2.62. The molecule has 0 saturated carbocycles. The Hall–Kier alpha value is -2.27. The van der Waals surface area contributed by atoms with Crippen molar-refractivity contribution in [1.29, 1.82) is 0 Å². The number of nitrogens with one attached hydrogen (secondary N) is 2. The maximum atomic E-state index is 11.7. The minimum atomic E-state index is -0.308. The van der Waals surface area contributed by atoms with Gasteiger partial charge >= 0.3 is 6.03 Å². The minimum absolute atomic E-state index is 0.308. The van der Waals surface area contributed by atoms with Crippen molar-refractivity contribution in [3.63, 3.8) is 0 Å². The fourth-order valence-corrected chi connectivity index (χ4v) is 1.72. The van der Waals surface area contributed by atoms with Gasteiger partial charge in [-0.3, -0.25) is 0 Å². The van der Waals surface area contributed by atoms with Crippen LogP contribution in [0.15, 0.2) is 42.6 Å². The maximum absolute atomic E-state index is 11.7. The number of urea groups is 1. The number of rotatable bonds is 3. The van der Waals surface area contributed by atoms with Crippen LogP contribution in [0, 0.1) is 0 Å². The quantitative estimate of drug-likeness (QED) is 0.806. The first kappa shape index (κ1) is 13.2. The smallest absolute Gasteiger partial charge is 0.319 e. The lowest BCUT2D eigenvalue weighted by molar-refractivity contribution is 0.251. The Bertz CT molecular complexity index is 588. The molecule has 0 atom stereocenters. The first-order chi connectivity index (χ1) is 9.13. The monoisotopic (exact) mass is 276 g/mol. The van der Waals surface area contributed by atoms with Crippen LogP contribution in [0.1, 0.15) is 5.56 Å². The molecular formula is C13H13ClN4O. The second kappa shape index (κ2) is 6.06. The van der Waals surface area contributed by atoms with E-state index in [1.54, 1.807) is 42.6 Å². The number of aromatic nitrogens is 1. The third kappa shape index (κ3) is 4.15. The number of nitrogens with zero attached hydrogens (tertiary/aromatic N) is 1. The van der Waals surface area contributed by atoms with E-state index in [0.29, 0.717) is 23.1 Å². The Balaban J connectivity index is 1.88. The summed E-state index contributed by atoms with van der Waals surface area (Å²) in [5, 5.41) is 5.97. The highest BCUT2D eigenvalue weighted by atomic mass is 35.5. The molecule has 0 saturated heterocycles. The van der Waals surface area contributed by atoms with Crippen LogP contribution in [-0.4, -0.2) is 11.0 Å². The van der Waals surface area contributed by atoms with Gasteiger partial charge in [-0.15, -0.1) is 0 Å². The number of halogens is 1. The van der Waals surface area contributed by atoms with Gasteiger partial charge in [-0.25, -0.2) is 9.78 Å². The van der Waals surface area contributed by atoms with E-state index in [9.17, 15) is 4.79 Å². The SMILES string of the molecule is Nc1cc(CNC(=O)Nc2cccc(Cl)c2)ccn1. The molecule has 5 nitrogen and oxygen atoms in total. The zero-order valence-corrected chi connectivity index (χ0v) is 10.8. The lowest BCUT2D eigenvalue weighted by Crippen LogP contribution is -2.28. The molecule has 0 fully saturated rings. The molecule has 2 rings (SSSR count). The molecule has 6 heteroatoms. The lowest BCUT2D eigenvalue weighted by atomic mass is 10.2. The minimum Gasteiger partial charge on any atom is -0.384 e. The summed E-state index contributed by atoms with van der Waals surface area (Å²) in [5.74, 6) is 0.426. The van der Waals surface area contributed by atoms with Crippen LogP contribution in [0.25, 0.3) is 0 Å². The Labute approximate surface area is 115 Å². The molecule has 19 heavy (non-hydrogen) atoms. The highest BCUT2D eigenvalue weighted by Crippen LogP contribution is 2.14. The Morgan fingerprint density at radius 3 is 2.89 bits per heavy atom. The molecule has 0 aliphatic heterocycles. The van der Waals surface area contributed by atoms with Gasteiger partial charge < -0.3 is 16.4 Å². The van der Waals surface area contributed by atoms with Crippen molar-refractivity contribution >= 4 is 29.1 Å². The first-order valence-corrected chi connectivity index (χ1v) is 6.02. The number of pyridine rings is 1. The largest absolute Gasteiger partial charge is 0.384 e. The van der Waals surface area contributed by atoms with E-state index in [4.69, 9.17) is 17.3 Å². The van der Waals surface area contributed by atoms with Crippen LogP contribution < -0.4 is 16.4 Å². The van der Waals surface area contributed by atoms with E-state index in [1.165, 1.54) is 0 Å². The van der Waals surface area contributed by atoms with E-state index in [0.717, 1.165) is 5.56 Å². The van der Waals surface area contributed by atoms with Gasteiger partial charge in [0.1, 0.15) is 5.82 Å². The summed E-state index contributed by atoms with van der Waals surface area (Å²) in [6.07, 6.45) is 1.60. The number of carbonyl (C=O) groups is 1. The van der Waals surface area contributed by atoms with Crippen LogP contribution in [0.5, 0.6) is 0 Å². The molecule has 0 spiro atoms. The third-order valence-electron chi connectivity index (χ3n) is 2.38. The zero-order valence-electron chi connectivity index (χ0n) is 10.1. The topological polar surface area (TPSA) is 80.0 Å². The summed E-state index contributed by atoms with van der Waals surface area (Å²) in [4.78, 5) is 15.5. The molecule has 1 heterocycles. The van der Waals surface area contributed by atoms with Crippen molar-refractivity contribution in [1.82, 2.24) is 10.3 Å². The number of amides is 2. The number of benzene rings is 1. The Morgan fingerprint density at radius 1 is 1.32 bits per heavy atom. The summed E-state index contributed by atoms with van der Waals surface area (Å²) >= 11 is 5.83. The van der Waals surface area contributed by atoms with E-state index < -0.39 is 0 Å². The predicted molar refractivity (Wildman–Crippen MR) is 76.0 cm³/mol. The Kier molecular flexibility index (Phi) is 4.20. The van der Waals surface area contributed by atoms with Gasteiger partial charge in [-0.2, -0.15) is 0 Å². The number of hydrogen-bond acceptors (Lipinski definition) is 3. The van der Waals surface area contributed by atoms with Crippen LogP contribution >= 0.6 is 11.6 Å². The average molecular weight is 277 g/mol. The molecule has 4 N–H and O–H groups in total. The average Bonchev–Trinajstić information content (AvgIpc) is 2.36. The van der Waals surface area contributed by atoms with Crippen molar-refractivity contribution in [2.75, 3.05) is 11.1 Å². The van der Waals surface area contributed by atoms with E-state index in [1.807, 2.05) is 0 Å². The van der Waals surface area contributed by atoms with Crippen molar-refractivity contribution in [3.05, 3.63) is 53.2 Å². The van der Waals surface area contributed by atoms with Crippen molar-refractivity contribution in [2.24, 2.45) is 0 Å². The zero-order chi connectivity index (χ0) is 13.7. The number of carbonyl (C=O) groups excluding carboxylic acids is 1. The van der Waals surface area contributed by atoms with Crippen LogP contribution in [0.4, 0.5) is 16.3 Å². The molecule has 0 unspecified atom stereocenters. The normalized spacial score (nSPS) is 9.95. The van der Waals surface area contributed by atoms with Gasteiger partial charge in [-0.1, -0.05) is 17.7 Å². The molecule has 0 radical (unpaired) electrons. The van der Waals surface area contributed by atoms with Crippen molar-refractivity contribution < 1.29 is 4.79 Å². The summed E-state index contributed by atoms with van der Waals surface area (Å²) in [7, 11) is 0. The molecule has 0 bridgehead atoms. The van der Waals surface area contributed by atoms with Gasteiger partial charge in [-0.05, 0) is 35.9 Å². The molecule has 1 aromatic heterocycles. The number of nitrogens with two attached hydrogens (primary N) is 1. The molecule has 2 aromatic rings. The number of anilines is 2. The molecular weight excluding hydrogens is 264 g/mol. The summed E-state index contributed by atoms with van der Waals surface area (Å²) in [6, 6.07) is 10.1. The van der Waals surface area contributed by atoms with Crippen molar-refractivity contribution in [2.45, 2.75) is 6.54 Å². The lowest BCUT2D eigenvalue weighted by Gasteiger charge is -2.08.